The molecule has 0 fully saturated rings. The third-order valence-corrected chi connectivity index (χ3v) is 4.97. The van der Waals surface area contributed by atoms with E-state index in [9.17, 15) is 17.6 Å². The molecule has 0 saturated heterocycles. The Morgan fingerprint density at radius 2 is 2.25 bits per heavy atom. The second-order valence-corrected chi connectivity index (χ2v) is 6.61. The number of carbonyl (C=O) groups excluding carboxylic acids is 1. The summed E-state index contributed by atoms with van der Waals surface area (Å²) in [7, 11) is -3.36. The zero-order valence-electron chi connectivity index (χ0n) is 11.1. The van der Waals surface area contributed by atoms with Crippen LogP contribution in [0, 0.1) is 5.82 Å². The van der Waals surface area contributed by atoms with E-state index in [0.717, 1.165) is 6.07 Å². The fraction of sp³-hybridized carbons (Fsp3) is 0.462. The Morgan fingerprint density at radius 1 is 1.50 bits per heavy atom. The minimum Gasteiger partial charge on any atom is -0.465 e. The van der Waals surface area contributed by atoms with Gasteiger partial charge in [-0.15, -0.1) is 0 Å². The molecular weight excluding hydrogens is 285 g/mol. The van der Waals surface area contributed by atoms with Gasteiger partial charge < -0.3 is 4.74 Å². The Bertz CT molecular complexity index is 615. The van der Waals surface area contributed by atoms with Gasteiger partial charge in [0.15, 0.2) is 9.84 Å². The lowest BCUT2D eigenvalue weighted by atomic mass is 10.0. The molecule has 0 spiro atoms. The number of ether oxygens (including phenoxy) is 1. The van der Waals surface area contributed by atoms with Gasteiger partial charge in [-0.25, -0.2) is 12.8 Å². The molecule has 1 aliphatic rings. The molecule has 0 aliphatic carbocycles. The number of sulfone groups is 1. The number of nitrogens with one attached hydrogen (secondary N) is 1. The van der Waals surface area contributed by atoms with Gasteiger partial charge in [-0.2, -0.15) is 0 Å². The van der Waals surface area contributed by atoms with Crippen molar-refractivity contribution in [1.82, 2.24) is 5.32 Å². The molecule has 110 valence electrons. The molecule has 1 aliphatic heterocycles. The molecule has 1 unspecified atom stereocenters. The van der Waals surface area contributed by atoms with Crippen LogP contribution in [0.1, 0.15) is 24.9 Å². The highest BCUT2D eigenvalue weighted by Crippen LogP contribution is 2.32. The van der Waals surface area contributed by atoms with E-state index in [4.69, 9.17) is 4.74 Å². The zero-order valence-corrected chi connectivity index (χ0v) is 11.9. The minimum atomic E-state index is -3.36. The van der Waals surface area contributed by atoms with Crippen LogP contribution in [-0.2, 0) is 19.4 Å². The Hall–Kier alpha value is -1.47. The summed E-state index contributed by atoms with van der Waals surface area (Å²) in [6.07, 6.45) is 0.304. The summed E-state index contributed by atoms with van der Waals surface area (Å²) in [5.74, 6) is -0.936. The van der Waals surface area contributed by atoms with Gasteiger partial charge in [0.25, 0.3) is 0 Å². The van der Waals surface area contributed by atoms with Crippen molar-refractivity contribution < 1.29 is 22.3 Å². The largest absolute Gasteiger partial charge is 0.465 e. The van der Waals surface area contributed by atoms with Gasteiger partial charge >= 0.3 is 5.97 Å². The molecule has 1 N–H and O–H groups in total. The van der Waals surface area contributed by atoms with Gasteiger partial charge in [0.2, 0.25) is 0 Å². The zero-order chi connectivity index (χ0) is 14.8. The van der Waals surface area contributed by atoms with Gasteiger partial charge in [-0.3, -0.25) is 10.1 Å². The average molecular weight is 301 g/mol. The summed E-state index contributed by atoms with van der Waals surface area (Å²) in [5.41, 5.74) is 0.376. The van der Waals surface area contributed by atoms with Gasteiger partial charge in [-0.1, -0.05) is 0 Å². The molecule has 0 bridgehead atoms. The highest BCUT2D eigenvalue weighted by atomic mass is 32.2. The molecule has 1 aromatic carbocycles. The predicted molar refractivity (Wildman–Crippen MR) is 70.4 cm³/mol. The van der Waals surface area contributed by atoms with Crippen LogP contribution in [0.25, 0.3) is 0 Å². The van der Waals surface area contributed by atoms with Gasteiger partial charge in [0.05, 0.1) is 23.8 Å². The van der Waals surface area contributed by atoms with Crippen molar-refractivity contribution in [2.24, 2.45) is 0 Å². The molecule has 5 nitrogen and oxygen atoms in total. The van der Waals surface area contributed by atoms with Crippen molar-refractivity contribution in [3.8, 4) is 0 Å². The van der Waals surface area contributed by atoms with Gasteiger partial charge in [-0.05, 0) is 37.1 Å². The lowest BCUT2D eigenvalue weighted by Crippen LogP contribution is -2.33. The molecular formula is C13H16FNO4S. The van der Waals surface area contributed by atoms with E-state index in [0.29, 0.717) is 12.0 Å². The van der Waals surface area contributed by atoms with Crippen molar-refractivity contribution in [1.29, 1.82) is 0 Å². The van der Waals surface area contributed by atoms with Crippen molar-refractivity contribution in [3.63, 3.8) is 0 Å². The van der Waals surface area contributed by atoms with Crippen molar-refractivity contribution in [2.45, 2.75) is 24.3 Å². The van der Waals surface area contributed by atoms with Crippen molar-refractivity contribution >= 4 is 15.8 Å². The van der Waals surface area contributed by atoms with Crippen LogP contribution >= 0.6 is 0 Å². The van der Waals surface area contributed by atoms with E-state index in [1.54, 1.807) is 6.92 Å². The summed E-state index contributed by atoms with van der Waals surface area (Å²) < 4.78 is 42.0. The Morgan fingerprint density at radius 3 is 2.95 bits per heavy atom. The number of halogens is 1. The van der Waals surface area contributed by atoms with Crippen LogP contribution in [0.5, 0.6) is 0 Å². The van der Waals surface area contributed by atoms with E-state index < -0.39 is 21.6 Å². The summed E-state index contributed by atoms with van der Waals surface area (Å²) in [5, 5.41) is 2.92. The smallest absolute Gasteiger partial charge is 0.319 e. The highest BCUT2D eigenvalue weighted by Gasteiger charge is 2.30. The number of carbonyl (C=O) groups is 1. The minimum absolute atomic E-state index is 0.0217. The van der Waals surface area contributed by atoms with Crippen LogP contribution in [0.4, 0.5) is 4.39 Å². The monoisotopic (exact) mass is 301 g/mol. The van der Waals surface area contributed by atoms with Crippen LogP contribution in [0.15, 0.2) is 23.1 Å². The first kappa shape index (κ1) is 14.9. The highest BCUT2D eigenvalue weighted by molar-refractivity contribution is 7.91. The Kier molecular flexibility index (Phi) is 4.39. The number of rotatable bonds is 4. The number of hydrogen-bond acceptors (Lipinski definition) is 5. The molecule has 0 saturated carbocycles. The third kappa shape index (κ3) is 3.16. The maximum atomic E-state index is 13.3. The van der Waals surface area contributed by atoms with E-state index >= 15 is 0 Å². The number of benzene rings is 1. The second kappa shape index (κ2) is 5.88. The molecule has 1 heterocycles. The SMILES string of the molecule is CCOC(=O)CNC1CCS(=O)(=O)c2ccc(F)cc21. The molecule has 7 heteroatoms. The lowest BCUT2D eigenvalue weighted by Gasteiger charge is -2.26. The number of esters is 1. The molecule has 20 heavy (non-hydrogen) atoms. The first-order valence-corrected chi connectivity index (χ1v) is 8.00. The predicted octanol–water partition coefficient (Wildman–Crippen LogP) is 1.20. The van der Waals surface area contributed by atoms with Crippen LogP contribution in [-0.4, -0.2) is 33.3 Å². The molecule has 2 rings (SSSR count). The first-order valence-electron chi connectivity index (χ1n) is 6.35. The van der Waals surface area contributed by atoms with Crippen LogP contribution in [0.3, 0.4) is 0 Å². The second-order valence-electron chi connectivity index (χ2n) is 4.53. The normalized spacial score (nSPS) is 20.2. The van der Waals surface area contributed by atoms with Gasteiger partial charge in [0, 0.05) is 6.04 Å². The van der Waals surface area contributed by atoms with Crippen LogP contribution in [0.2, 0.25) is 0 Å². The topological polar surface area (TPSA) is 72.5 Å². The van der Waals surface area contributed by atoms with E-state index in [-0.39, 0.29) is 29.8 Å². The summed E-state index contributed by atoms with van der Waals surface area (Å²) >= 11 is 0. The van der Waals surface area contributed by atoms with Crippen molar-refractivity contribution in [2.75, 3.05) is 18.9 Å². The van der Waals surface area contributed by atoms with Crippen molar-refractivity contribution in [3.05, 3.63) is 29.6 Å². The number of hydrogen-bond donors (Lipinski definition) is 1. The van der Waals surface area contributed by atoms with E-state index in [1.165, 1.54) is 12.1 Å². The van der Waals surface area contributed by atoms with E-state index in [2.05, 4.69) is 5.32 Å². The summed E-state index contributed by atoms with van der Waals surface area (Å²) in [4.78, 5) is 11.4. The maximum Gasteiger partial charge on any atom is 0.319 e. The average Bonchev–Trinajstić information content (AvgIpc) is 2.38. The molecule has 1 aromatic rings. The standard InChI is InChI=1S/C13H16FNO4S/c1-2-19-13(16)8-15-11-5-6-20(17,18)12-4-3-9(14)7-10(11)12/h3-4,7,11,15H,2,5-6,8H2,1H3. The summed E-state index contributed by atoms with van der Waals surface area (Å²) in [6, 6.07) is 3.24. The third-order valence-electron chi connectivity index (χ3n) is 3.16. The first-order chi connectivity index (χ1) is 9.44. The molecule has 0 amide bonds. The molecule has 1 atom stereocenters. The van der Waals surface area contributed by atoms with E-state index in [1.807, 2.05) is 0 Å². The van der Waals surface area contributed by atoms with Gasteiger partial charge in [0.1, 0.15) is 5.82 Å². The van der Waals surface area contributed by atoms with Crippen LogP contribution < -0.4 is 5.32 Å². The lowest BCUT2D eigenvalue weighted by molar-refractivity contribution is -0.142. The summed E-state index contributed by atoms with van der Waals surface area (Å²) in [6.45, 7) is 1.95. The Labute approximate surface area is 117 Å². The maximum absolute atomic E-state index is 13.3. The molecule has 0 aromatic heterocycles. The Balaban J connectivity index is 2.21. The number of fused-ring (bicyclic) bond motifs is 1. The fourth-order valence-electron chi connectivity index (χ4n) is 2.24. The fourth-order valence-corrected chi connectivity index (χ4v) is 3.85. The molecule has 0 radical (unpaired) electrons. The quantitative estimate of drug-likeness (QED) is 0.668.